The summed E-state index contributed by atoms with van der Waals surface area (Å²) in [6.07, 6.45) is 3.24. The SMILES string of the molecule is CC1CCC(=O)N(Cc2cccc(C#CCCO)c2)CC1. The summed E-state index contributed by atoms with van der Waals surface area (Å²) in [4.78, 5) is 14.1. The monoisotopic (exact) mass is 285 g/mol. The molecular formula is C18H23NO2. The first-order valence-corrected chi connectivity index (χ1v) is 7.65. The molecule has 1 aromatic rings. The van der Waals surface area contributed by atoms with Crippen LogP contribution in [0.2, 0.25) is 0 Å². The molecule has 1 saturated heterocycles. The number of hydrogen-bond acceptors (Lipinski definition) is 2. The molecule has 1 aliphatic rings. The van der Waals surface area contributed by atoms with Crippen LogP contribution < -0.4 is 0 Å². The maximum absolute atomic E-state index is 12.1. The predicted molar refractivity (Wildman–Crippen MR) is 83.5 cm³/mol. The van der Waals surface area contributed by atoms with Gasteiger partial charge in [-0.05, 0) is 36.5 Å². The lowest BCUT2D eigenvalue weighted by Gasteiger charge is -2.20. The number of carbonyl (C=O) groups excluding carboxylic acids is 1. The molecule has 0 radical (unpaired) electrons. The van der Waals surface area contributed by atoms with E-state index < -0.39 is 0 Å². The molecule has 1 N–H and O–H groups in total. The third-order valence-electron chi connectivity index (χ3n) is 3.87. The van der Waals surface area contributed by atoms with Crippen molar-refractivity contribution in [1.29, 1.82) is 0 Å². The van der Waals surface area contributed by atoms with Gasteiger partial charge in [-0.2, -0.15) is 0 Å². The molecular weight excluding hydrogens is 262 g/mol. The first kappa shape index (κ1) is 15.6. The van der Waals surface area contributed by atoms with Crippen molar-refractivity contribution in [2.75, 3.05) is 13.2 Å². The molecule has 2 rings (SSSR count). The van der Waals surface area contributed by atoms with Crippen LogP contribution in [0, 0.1) is 17.8 Å². The van der Waals surface area contributed by atoms with Crippen LogP contribution in [0.3, 0.4) is 0 Å². The Morgan fingerprint density at radius 1 is 1.38 bits per heavy atom. The number of nitrogens with zero attached hydrogens (tertiary/aromatic N) is 1. The zero-order valence-electron chi connectivity index (χ0n) is 12.6. The summed E-state index contributed by atoms with van der Waals surface area (Å²) in [7, 11) is 0. The highest BCUT2D eigenvalue weighted by Crippen LogP contribution is 2.19. The first-order valence-electron chi connectivity index (χ1n) is 7.65. The normalized spacial score (nSPS) is 18.9. The molecule has 1 unspecified atom stereocenters. The summed E-state index contributed by atoms with van der Waals surface area (Å²) < 4.78 is 0. The maximum Gasteiger partial charge on any atom is 0.222 e. The van der Waals surface area contributed by atoms with Crippen LogP contribution in [0.5, 0.6) is 0 Å². The average molecular weight is 285 g/mol. The zero-order chi connectivity index (χ0) is 15.1. The Kier molecular flexibility index (Phi) is 5.83. The molecule has 0 aliphatic carbocycles. The van der Waals surface area contributed by atoms with Crippen LogP contribution in [-0.4, -0.2) is 29.1 Å². The second-order valence-electron chi connectivity index (χ2n) is 5.72. The van der Waals surface area contributed by atoms with E-state index in [1.807, 2.05) is 29.2 Å². The van der Waals surface area contributed by atoms with E-state index in [1.165, 1.54) is 0 Å². The van der Waals surface area contributed by atoms with Crippen LogP contribution >= 0.6 is 0 Å². The number of rotatable bonds is 3. The minimum absolute atomic E-state index is 0.0904. The number of hydrogen-bond donors (Lipinski definition) is 1. The molecule has 0 spiro atoms. The van der Waals surface area contributed by atoms with Gasteiger partial charge in [0, 0.05) is 31.5 Å². The van der Waals surface area contributed by atoms with Gasteiger partial charge in [-0.25, -0.2) is 0 Å². The van der Waals surface area contributed by atoms with E-state index in [2.05, 4.69) is 18.8 Å². The summed E-state index contributed by atoms with van der Waals surface area (Å²) >= 11 is 0. The highest BCUT2D eigenvalue weighted by molar-refractivity contribution is 5.76. The molecule has 21 heavy (non-hydrogen) atoms. The number of benzene rings is 1. The van der Waals surface area contributed by atoms with Crippen molar-refractivity contribution in [2.24, 2.45) is 5.92 Å². The summed E-state index contributed by atoms with van der Waals surface area (Å²) in [6.45, 7) is 3.82. The topological polar surface area (TPSA) is 40.5 Å². The molecule has 3 heteroatoms. The van der Waals surface area contributed by atoms with E-state index in [0.717, 1.165) is 30.5 Å². The van der Waals surface area contributed by atoms with Gasteiger partial charge in [-0.1, -0.05) is 30.9 Å². The van der Waals surface area contributed by atoms with Crippen molar-refractivity contribution in [2.45, 2.75) is 39.2 Å². The molecule has 112 valence electrons. The average Bonchev–Trinajstić information content (AvgIpc) is 2.64. The van der Waals surface area contributed by atoms with Crippen molar-refractivity contribution in [3.05, 3.63) is 35.4 Å². The fraction of sp³-hybridized carbons (Fsp3) is 0.500. The van der Waals surface area contributed by atoms with Gasteiger partial charge < -0.3 is 10.0 Å². The Morgan fingerprint density at radius 2 is 2.24 bits per heavy atom. The Bertz CT molecular complexity index is 542. The molecule has 0 aromatic heterocycles. The fourth-order valence-corrected chi connectivity index (χ4v) is 2.53. The summed E-state index contributed by atoms with van der Waals surface area (Å²) in [5.41, 5.74) is 2.06. The number of aliphatic hydroxyl groups excluding tert-OH is 1. The summed E-state index contributed by atoms with van der Waals surface area (Å²) in [5, 5.41) is 8.75. The highest BCUT2D eigenvalue weighted by Gasteiger charge is 2.20. The maximum atomic E-state index is 12.1. The van der Waals surface area contributed by atoms with E-state index in [0.29, 0.717) is 25.3 Å². The lowest BCUT2D eigenvalue weighted by Crippen LogP contribution is -2.29. The van der Waals surface area contributed by atoms with E-state index in [4.69, 9.17) is 5.11 Å². The summed E-state index contributed by atoms with van der Waals surface area (Å²) in [6, 6.07) is 8.01. The quantitative estimate of drug-likeness (QED) is 0.867. The van der Waals surface area contributed by atoms with Crippen LogP contribution in [0.4, 0.5) is 0 Å². The molecule has 1 fully saturated rings. The summed E-state index contributed by atoms with van der Waals surface area (Å²) in [5.74, 6) is 6.86. The molecule has 1 heterocycles. The number of likely N-dealkylation sites (tertiary alicyclic amines) is 1. The van der Waals surface area contributed by atoms with Gasteiger partial charge >= 0.3 is 0 Å². The van der Waals surface area contributed by atoms with Crippen LogP contribution in [0.15, 0.2) is 24.3 Å². The Hall–Kier alpha value is -1.79. The van der Waals surface area contributed by atoms with Gasteiger partial charge in [-0.3, -0.25) is 4.79 Å². The van der Waals surface area contributed by atoms with E-state index in [-0.39, 0.29) is 12.5 Å². The zero-order valence-corrected chi connectivity index (χ0v) is 12.6. The first-order chi connectivity index (χ1) is 10.2. The van der Waals surface area contributed by atoms with Gasteiger partial charge in [0.05, 0.1) is 6.61 Å². The van der Waals surface area contributed by atoms with Gasteiger partial charge in [0.15, 0.2) is 0 Å². The van der Waals surface area contributed by atoms with Crippen molar-refractivity contribution >= 4 is 5.91 Å². The third-order valence-corrected chi connectivity index (χ3v) is 3.87. The Labute approximate surface area is 127 Å². The van der Waals surface area contributed by atoms with Gasteiger partial charge in [0.1, 0.15) is 0 Å². The minimum atomic E-state index is 0.0904. The third kappa shape index (κ3) is 4.91. The largest absolute Gasteiger partial charge is 0.395 e. The predicted octanol–water partition coefficient (Wildman–Crippen LogP) is 2.57. The molecule has 1 amide bonds. The fourth-order valence-electron chi connectivity index (χ4n) is 2.53. The van der Waals surface area contributed by atoms with Crippen molar-refractivity contribution in [3.63, 3.8) is 0 Å². The standard InChI is InChI=1S/C18H23NO2/c1-15-8-9-18(21)19(11-10-15)14-17-7-4-6-16(13-17)5-2-3-12-20/h4,6-7,13,15,20H,3,8-12,14H2,1H3. The lowest BCUT2D eigenvalue weighted by atomic mass is 10.0. The van der Waals surface area contributed by atoms with Gasteiger partial charge in [0.2, 0.25) is 5.91 Å². The Balaban J connectivity index is 2.03. The molecule has 0 saturated carbocycles. The molecule has 1 atom stereocenters. The van der Waals surface area contributed by atoms with Crippen molar-refractivity contribution in [1.82, 2.24) is 4.90 Å². The second-order valence-corrected chi connectivity index (χ2v) is 5.72. The smallest absolute Gasteiger partial charge is 0.222 e. The molecule has 0 bridgehead atoms. The van der Waals surface area contributed by atoms with Crippen LogP contribution in [0.1, 0.15) is 43.7 Å². The molecule has 1 aliphatic heterocycles. The van der Waals surface area contributed by atoms with Crippen LogP contribution in [-0.2, 0) is 11.3 Å². The minimum Gasteiger partial charge on any atom is -0.395 e. The van der Waals surface area contributed by atoms with Gasteiger partial charge in [-0.15, -0.1) is 0 Å². The van der Waals surface area contributed by atoms with E-state index in [1.54, 1.807) is 0 Å². The number of aliphatic hydroxyl groups is 1. The number of carbonyl (C=O) groups is 1. The molecule has 1 aromatic carbocycles. The Morgan fingerprint density at radius 3 is 3.05 bits per heavy atom. The highest BCUT2D eigenvalue weighted by atomic mass is 16.2. The lowest BCUT2D eigenvalue weighted by molar-refractivity contribution is -0.131. The van der Waals surface area contributed by atoms with Crippen molar-refractivity contribution in [3.8, 4) is 11.8 Å². The van der Waals surface area contributed by atoms with E-state index >= 15 is 0 Å². The number of amides is 1. The van der Waals surface area contributed by atoms with Gasteiger partial charge in [0.25, 0.3) is 0 Å². The van der Waals surface area contributed by atoms with Crippen molar-refractivity contribution < 1.29 is 9.90 Å². The second kappa shape index (κ2) is 7.85. The molecule has 3 nitrogen and oxygen atoms in total. The van der Waals surface area contributed by atoms with E-state index in [9.17, 15) is 4.79 Å². The van der Waals surface area contributed by atoms with Crippen LogP contribution in [0.25, 0.3) is 0 Å².